The van der Waals surface area contributed by atoms with E-state index in [1.807, 2.05) is 144 Å². The summed E-state index contributed by atoms with van der Waals surface area (Å²) < 4.78 is 97.4. The molecule has 338 valence electrons. The van der Waals surface area contributed by atoms with Gasteiger partial charge in [-0.25, -0.2) is 9.97 Å². The average Bonchev–Trinajstić information content (AvgIpc) is 3.89. The van der Waals surface area contributed by atoms with Crippen molar-refractivity contribution in [2.45, 2.75) is 12.4 Å². The van der Waals surface area contributed by atoms with Crippen LogP contribution in [0.3, 0.4) is 0 Å². The number of hydrogen-bond donors (Lipinski definition) is 0. The van der Waals surface area contributed by atoms with Gasteiger partial charge in [0.1, 0.15) is 0 Å². The zero-order chi connectivity index (χ0) is 47.7. The lowest BCUT2D eigenvalue weighted by atomic mass is 9.88. The summed E-state index contributed by atoms with van der Waals surface area (Å²) in [6.45, 7) is 0. The molecule has 0 radical (unpaired) electrons. The number of fused-ring (bicyclic) bond motifs is 6. The van der Waals surface area contributed by atoms with Crippen LogP contribution < -0.4 is 0 Å². The molecular weight excluding hydrogens is 891 g/mol. The molecule has 0 N–H and O–H groups in total. The molecule has 0 aliphatic heterocycles. The minimum absolute atomic E-state index is 0.0462. The Morgan fingerprint density at radius 2 is 0.743 bits per heavy atom. The molecule has 0 amide bonds. The lowest BCUT2D eigenvalue weighted by Crippen LogP contribution is -2.11. The van der Waals surface area contributed by atoms with Crippen LogP contribution in [0.25, 0.3) is 111 Å². The summed E-state index contributed by atoms with van der Waals surface area (Å²) >= 11 is 0. The molecule has 0 saturated heterocycles. The maximum absolute atomic E-state index is 15.6. The van der Waals surface area contributed by atoms with Gasteiger partial charge in [-0.3, -0.25) is 0 Å². The number of hydrogen-bond acceptors (Lipinski definition) is 2. The van der Waals surface area contributed by atoms with E-state index in [4.69, 9.17) is 9.97 Å². The third-order valence-corrected chi connectivity index (χ3v) is 13.0. The fourth-order valence-electron chi connectivity index (χ4n) is 9.96. The standard InChI is InChI=1S/C60H36F6N4/c61-59(62,63)49-28-14-10-24-41(49)47-32-39(52-35-51(37-18-4-1-5-19-37)67-58(68-52)38-20-6-2-7-21-38)33-48(42-25-11-15-29-50(42)60(64,65)66)57(47)70-54-31-17-13-27-44(54)46-34-45-43-26-12-16-30-53(43)69(55(45)36-56(46)70)40-22-8-3-9-23-40/h1-36H. The molecule has 0 fully saturated rings. The van der Waals surface area contributed by atoms with Crippen LogP contribution in [0.5, 0.6) is 0 Å². The van der Waals surface area contributed by atoms with E-state index >= 15 is 26.3 Å². The van der Waals surface area contributed by atoms with E-state index in [0.717, 1.165) is 56.0 Å². The number of aromatic nitrogens is 4. The zero-order valence-electron chi connectivity index (χ0n) is 36.8. The summed E-state index contributed by atoms with van der Waals surface area (Å²) in [5, 5.41) is 3.45. The molecule has 0 bridgehead atoms. The Labute approximate surface area is 397 Å². The molecule has 0 aliphatic carbocycles. The van der Waals surface area contributed by atoms with Gasteiger partial charge >= 0.3 is 12.4 Å². The molecule has 3 heterocycles. The van der Waals surface area contributed by atoms with Gasteiger partial charge in [0.25, 0.3) is 0 Å². The second-order valence-electron chi connectivity index (χ2n) is 17.1. The van der Waals surface area contributed by atoms with E-state index in [1.54, 1.807) is 18.2 Å². The van der Waals surface area contributed by atoms with Gasteiger partial charge in [-0.05, 0) is 77.9 Å². The number of halogens is 6. The third kappa shape index (κ3) is 7.18. The molecule has 0 aliphatic rings. The van der Waals surface area contributed by atoms with Crippen LogP contribution in [-0.4, -0.2) is 19.1 Å². The summed E-state index contributed by atoms with van der Waals surface area (Å²) in [4.78, 5) is 9.97. The minimum Gasteiger partial charge on any atom is -0.309 e. The molecule has 70 heavy (non-hydrogen) atoms. The van der Waals surface area contributed by atoms with Crippen LogP contribution in [0.2, 0.25) is 0 Å². The Kier molecular flexibility index (Phi) is 10.0. The summed E-state index contributed by atoms with van der Waals surface area (Å²) in [6, 6.07) is 63.6. The topological polar surface area (TPSA) is 35.6 Å². The lowest BCUT2D eigenvalue weighted by Gasteiger charge is -2.24. The van der Waals surface area contributed by atoms with Crippen LogP contribution >= 0.6 is 0 Å². The predicted molar refractivity (Wildman–Crippen MR) is 268 cm³/mol. The van der Waals surface area contributed by atoms with Gasteiger partial charge in [-0.15, -0.1) is 0 Å². The fraction of sp³-hybridized carbons (Fsp3) is 0.0333. The van der Waals surface area contributed by atoms with Gasteiger partial charge in [0, 0.05) is 55.0 Å². The molecule has 0 spiro atoms. The Balaban J connectivity index is 1.28. The Morgan fingerprint density at radius 1 is 0.314 bits per heavy atom. The molecule has 9 aromatic carbocycles. The highest BCUT2D eigenvalue weighted by molar-refractivity contribution is 6.20. The molecule has 12 aromatic rings. The normalized spacial score (nSPS) is 12.1. The molecule has 12 rings (SSSR count). The van der Waals surface area contributed by atoms with E-state index < -0.39 is 23.5 Å². The van der Waals surface area contributed by atoms with Gasteiger partial charge in [0.2, 0.25) is 0 Å². The summed E-state index contributed by atoms with van der Waals surface area (Å²) in [5.74, 6) is 0.329. The van der Waals surface area contributed by atoms with Crippen molar-refractivity contribution in [3.05, 3.63) is 230 Å². The quantitative estimate of drug-likeness (QED) is 0.149. The number of benzene rings is 9. The molecule has 3 aromatic heterocycles. The average molecular weight is 927 g/mol. The molecular formula is C60H36F6N4. The smallest absolute Gasteiger partial charge is 0.309 e. The predicted octanol–water partition coefficient (Wildman–Crippen LogP) is 17.0. The van der Waals surface area contributed by atoms with E-state index in [0.29, 0.717) is 33.8 Å². The van der Waals surface area contributed by atoms with Crippen molar-refractivity contribution in [1.29, 1.82) is 0 Å². The van der Waals surface area contributed by atoms with Crippen molar-refractivity contribution in [3.8, 4) is 67.5 Å². The summed E-state index contributed by atoms with van der Waals surface area (Å²) in [5.41, 5.74) is 4.19. The van der Waals surface area contributed by atoms with Gasteiger partial charge in [-0.1, -0.05) is 152 Å². The van der Waals surface area contributed by atoms with Crippen molar-refractivity contribution in [2.75, 3.05) is 0 Å². The van der Waals surface area contributed by atoms with E-state index in [9.17, 15) is 0 Å². The number of alkyl halides is 6. The van der Waals surface area contributed by atoms with Crippen LogP contribution in [0.1, 0.15) is 11.1 Å². The second-order valence-corrected chi connectivity index (χ2v) is 17.1. The van der Waals surface area contributed by atoms with Crippen LogP contribution in [0, 0.1) is 0 Å². The molecule has 4 nitrogen and oxygen atoms in total. The van der Waals surface area contributed by atoms with Gasteiger partial charge in [0.05, 0.1) is 50.3 Å². The summed E-state index contributed by atoms with van der Waals surface area (Å²) in [7, 11) is 0. The SMILES string of the molecule is FC(F)(F)c1ccccc1-c1cc(-c2cc(-c3ccccc3)nc(-c3ccccc3)n2)cc(-c2ccccc2C(F)(F)F)c1-n1c2ccccc2c2cc3c4ccccc4n(-c4ccccc4)c3cc21. The minimum atomic E-state index is -4.85. The van der Waals surface area contributed by atoms with Crippen LogP contribution in [-0.2, 0) is 12.4 Å². The first-order valence-corrected chi connectivity index (χ1v) is 22.5. The number of nitrogens with zero attached hydrogens (tertiary/aromatic N) is 4. The van der Waals surface area contributed by atoms with E-state index in [2.05, 4.69) is 16.7 Å². The molecule has 0 atom stereocenters. The van der Waals surface area contributed by atoms with Gasteiger partial charge in [-0.2, -0.15) is 26.3 Å². The number of rotatable bonds is 7. The maximum atomic E-state index is 15.6. The maximum Gasteiger partial charge on any atom is 0.417 e. The first-order chi connectivity index (χ1) is 34.0. The zero-order valence-corrected chi connectivity index (χ0v) is 36.8. The lowest BCUT2D eigenvalue weighted by molar-refractivity contribution is -0.137. The molecule has 10 heteroatoms. The van der Waals surface area contributed by atoms with Crippen LogP contribution in [0.4, 0.5) is 26.3 Å². The Hall–Kier alpha value is -8.76. The monoisotopic (exact) mass is 926 g/mol. The summed E-state index contributed by atoms with van der Waals surface area (Å²) in [6.07, 6.45) is -9.71. The van der Waals surface area contributed by atoms with Crippen molar-refractivity contribution >= 4 is 43.6 Å². The highest BCUT2D eigenvalue weighted by Crippen LogP contribution is 2.50. The van der Waals surface area contributed by atoms with Crippen molar-refractivity contribution in [3.63, 3.8) is 0 Å². The Morgan fingerprint density at radius 3 is 1.29 bits per heavy atom. The van der Waals surface area contributed by atoms with E-state index in [-0.39, 0.29) is 33.5 Å². The second kappa shape index (κ2) is 16.5. The highest BCUT2D eigenvalue weighted by atomic mass is 19.4. The van der Waals surface area contributed by atoms with Gasteiger partial charge in [0.15, 0.2) is 5.82 Å². The fourth-order valence-corrected chi connectivity index (χ4v) is 9.96. The van der Waals surface area contributed by atoms with Crippen molar-refractivity contribution in [1.82, 2.24) is 19.1 Å². The van der Waals surface area contributed by atoms with E-state index in [1.165, 1.54) is 36.4 Å². The van der Waals surface area contributed by atoms with Crippen molar-refractivity contribution in [2.24, 2.45) is 0 Å². The third-order valence-electron chi connectivity index (χ3n) is 13.0. The first kappa shape index (κ1) is 42.6. The molecule has 0 saturated carbocycles. The molecule has 0 unspecified atom stereocenters. The highest BCUT2D eigenvalue weighted by Gasteiger charge is 2.37. The largest absolute Gasteiger partial charge is 0.417 e. The van der Waals surface area contributed by atoms with Crippen LogP contribution in [0.15, 0.2) is 218 Å². The first-order valence-electron chi connectivity index (χ1n) is 22.5. The van der Waals surface area contributed by atoms with Gasteiger partial charge < -0.3 is 9.13 Å². The Bertz CT molecular complexity index is 3830. The number of para-hydroxylation sites is 3. The van der Waals surface area contributed by atoms with Crippen molar-refractivity contribution < 1.29 is 26.3 Å².